The molecule has 2 rings (SSSR count). The van der Waals surface area contributed by atoms with E-state index in [1.165, 1.54) is 18.2 Å². The van der Waals surface area contributed by atoms with Crippen molar-refractivity contribution in [3.05, 3.63) is 65.5 Å². The second-order valence-corrected chi connectivity index (χ2v) is 4.84. The summed E-state index contributed by atoms with van der Waals surface area (Å²) in [7, 11) is 0. The number of hydrogen-bond donors (Lipinski definition) is 2. The molecule has 2 aromatic carbocycles. The van der Waals surface area contributed by atoms with Crippen LogP contribution >= 0.6 is 0 Å². The second kappa shape index (κ2) is 5.93. The number of carboxylic acids is 1. The minimum atomic E-state index is -1.66. The highest BCUT2D eigenvalue weighted by Gasteiger charge is 2.37. The summed E-state index contributed by atoms with van der Waals surface area (Å²) in [6.45, 7) is 1.35. The number of benzene rings is 2. The highest BCUT2D eigenvalue weighted by Crippen LogP contribution is 2.22. The van der Waals surface area contributed by atoms with Gasteiger partial charge in [-0.1, -0.05) is 30.3 Å². The van der Waals surface area contributed by atoms with Gasteiger partial charge in [0.2, 0.25) is 0 Å². The lowest BCUT2D eigenvalue weighted by atomic mass is 9.92. The molecule has 0 heterocycles. The molecule has 4 nitrogen and oxygen atoms in total. The normalized spacial score (nSPS) is 13.5. The highest BCUT2D eigenvalue weighted by molar-refractivity contribution is 5.80. The van der Waals surface area contributed by atoms with E-state index < -0.39 is 11.5 Å². The first-order chi connectivity index (χ1) is 9.93. The molecule has 1 unspecified atom stereocenters. The summed E-state index contributed by atoms with van der Waals surface area (Å²) in [5.41, 5.74) is 5.18. The van der Waals surface area contributed by atoms with Crippen LogP contribution in [0.5, 0.6) is 5.75 Å². The molecule has 0 amide bonds. The molecule has 0 aliphatic carbocycles. The van der Waals surface area contributed by atoms with Crippen LogP contribution in [0.3, 0.4) is 0 Å². The Bertz CT molecular complexity index is 645. The molecule has 0 radical (unpaired) electrons. The monoisotopic (exact) mass is 289 g/mol. The number of aliphatic carboxylic acids is 1. The van der Waals surface area contributed by atoms with Crippen molar-refractivity contribution >= 4 is 5.97 Å². The molecule has 0 bridgehead atoms. The van der Waals surface area contributed by atoms with Gasteiger partial charge in [0.15, 0.2) is 5.54 Å². The van der Waals surface area contributed by atoms with Gasteiger partial charge in [-0.2, -0.15) is 0 Å². The van der Waals surface area contributed by atoms with Gasteiger partial charge in [0.05, 0.1) is 0 Å². The first kappa shape index (κ1) is 15.0. The lowest BCUT2D eigenvalue weighted by molar-refractivity contribution is -0.145. The maximum Gasteiger partial charge on any atom is 0.331 e. The van der Waals surface area contributed by atoms with Crippen LogP contribution < -0.4 is 10.5 Å². The molecule has 0 aliphatic heterocycles. The van der Waals surface area contributed by atoms with E-state index in [1.807, 2.05) is 0 Å². The molecule has 1 atom stereocenters. The van der Waals surface area contributed by atoms with E-state index in [4.69, 9.17) is 10.5 Å². The maximum absolute atomic E-state index is 13.2. The van der Waals surface area contributed by atoms with Crippen LogP contribution in [-0.2, 0) is 10.3 Å². The Morgan fingerprint density at radius 2 is 1.95 bits per heavy atom. The van der Waals surface area contributed by atoms with Gasteiger partial charge in [-0.3, -0.25) is 0 Å². The fourth-order valence-electron chi connectivity index (χ4n) is 1.91. The van der Waals surface area contributed by atoms with Gasteiger partial charge in [-0.05, 0) is 36.2 Å². The average molecular weight is 289 g/mol. The van der Waals surface area contributed by atoms with Gasteiger partial charge in [0.1, 0.15) is 18.2 Å². The van der Waals surface area contributed by atoms with Crippen molar-refractivity contribution in [2.75, 3.05) is 6.61 Å². The lowest BCUT2D eigenvalue weighted by Gasteiger charge is -2.25. The first-order valence-corrected chi connectivity index (χ1v) is 6.40. The van der Waals surface area contributed by atoms with E-state index >= 15 is 0 Å². The Hall–Kier alpha value is -2.40. The average Bonchev–Trinajstić information content (AvgIpc) is 2.49. The van der Waals surface area contributed by atoms with Crippen LogP contribution in [0.25, 0.3) is 0 Å². The Balaban J connectivity index is 2.21. The smallest absolute Gasteiger partial charge is 0.331 e. The van der Waals surface area contributed by atoms with Crippen molar-refractivity contribution in [2.45, 2.75) is 12.5 Å². The number of aryl methyl sites for hydroxylation is 1. The standard InChI is InChI=1S/C16H16FNO3/c1-11-9-13(7-8-14(11)17)21-10-16(18,15(19)20)12-5-3-2-4-6-12/h2-9H,10,18H2,1H3,(H,19,20). The number of carboxylic acid groups (broad SMARTS) is 1. The summed E-state index contributed by atoms with van der Waals surface area (Å²) in [4.78, 5) is 11.5. The van der Waals surface area contributed by atoms with E-state index in [2.05, 4.69) is 0 Å². The molecule has 110 valence electrons. The highest BCUT2D eigenvalue weighted by atomic mass is 19.1. The van der Waals surface area contributed by atoms with E-state index in [9.17, 15) is 14.3 Å². The summed E-state index contributed by atoms with van der Waals surface area (Å²) in [6, 6.07) is 12.7. The Labute approximate surface area is 122 Å². The van der Waals surface area contributed by atoms with Crippen molar-refractivity contribution in [3.8, 4) is 5.75 Å². The summed E-state index contributed by atoms with van der Waals surface area (Å²) >= 11 is 0. The van der Waals surface area contributed by atoms with Gasteiger partial charge >= 0.3 is 5.97 Å². The number of hydrogen-bond acceptors (Lipinski definition) is 3. The van der Waals surface area contributed by atoms with Crippen LogP contribution in [0.1, 0.15) is 11.1 Å². The molecule has 0 aliphatic rings. The number of rotatable bonds is 5. The van der Waals surface area contributed by atoms with E-state index in [0.29, 0.717) is 16.9 Å². The van der Waals surface area contributed by atoms with Crippen LogP contribution in [0.15, 0.2) is 48.5 Å². The SMILES string of the molecule is Cc1cc(OCC(N)(C(=O)O)c2ccccc2)ccc1F. The van der Waals surface area contributed by atoms with Gasteiger partial charge in [-0.25, -0.2) is 9.18 Å². The Morgan fingerprint density at radius 1 is 1.29 bits per heavy atom. The third kappa shape index (κ3) is 3.20. The Kier molecular flexibility index (Phi) is 4.23. The molecular weight excluding hydrogens is 273 g/mol. The van der Waals surface area contributed by atoms with Crippen LogP contribution in [0.2, 0.25) is 0 Å². The number of carbonyl (C=O) groups is 1. The lowest BCUT2D eigenvalue weighted by Crippen LogP contribution is -2.49. The predicted molar refractivity (Wildman–Crippen MR) is 76.6 cm³/mol. The molecule has 21 heavy (non-hydrogen) atoms. The van der Waals surface area contributed by atoms with Gasteiger partial charge < -0.3 is 15.6 Å². The second-order valence-electron chi connectivity index (χ2n) is 4.84. The van der Waals surface area contributed by atoms with Crippen LogP contribution in [0, 0.1) is 12.7 Å². The zero-order valence-electron chi connectivity index (χ0n) is 11.5. The molecule has 0 fully saturated rings. The molecule has 0 spiro atoms. The third-order valence-corrected chi connectivity index (χ3v) is 3.27. The fourth-order valence-corrected chi connectivity index (χ4v) is 1.91. The van der Waals surface area contributed by atoms with E-state index in [1.54, 1.807) is 37.3 Å². The predicted octanol–water partition coefficient (Wildman–Crippen LogP) is 2.45. The zero-order chi connectivity index (χ0) is 15.5. The van der Waals surface area contributed by atoms with Gasteiger partial charge in [-0.15, -0.1) is 0 Å². The van der Waals surface area contributed by atoms with Gasteiger partial charge in [0.25, 0.3) is 0 Å². The molecule has 0 saturated heterocycles. The van der Waals surface area contributed by atoms with Crippen LogP contribution in [0.4, 0.5) is 4.39 Å². The largest absolute Gasteiger partial charge is 0.491 e. The molecule has 5 heteroatoms. The summed E-state index contributed by atoms with van der Waals surface area (Å²) in [5, 5.41) is 9.40. The third-order valence-electron chi connectivity index (χ3n) is 3.27. The zero-order valence-corrected chi connectivity index (χ0v) is 11.5. The minimum Gasteiger partial charge on any atom is -0.491 e. The molecular formula is C16H16FNO3. The van der Waals surface area contributed by atoms with Crippen molar-refractivity contribution in [1.82, 2.24) is 0 Å². The maximum atomic E-state index is 13.2. The molecule has 0 aromatic heterocycles. The number of halogens is 1. The molecule has 3 N–H and O–H groups in total. The summed E-state index contributed by atoms with van der Waals surface area (Å²) in [6.07, 6.45) is 0. The summed E-state index contributed by atoms with van der Waals surface area (Å²) < 4.78 is 18.6. The first-order valence-electron chi connectivity index (χ1n) is 6.40. The van der Waals surface area contributed by atoms with Crippen molar-refractivity contribution in [1.29, 1.82) is 0 Å². The minimum absolute atomic E-state index is 0.253. The fraction of sp³-hybridized carbons (Fsp3) is 0.188. The van der Waals surface area contributed by atoms with Crippen molar-refractivity contribution < 1.29 is 19.0 Å². The van der Waals surface area contributed by atoms with E-state index in [-0.39, 0.29) is 12.4 Å². The van der Waals surface area contributed by atoms with Crippen LogP contribution in [-0.4, -0.2) is 17.7 Å². The number of ether oxygens (including phenoxy) is 1. The summed E-state index contributed by atoms with van der Waals surface area (Å²) in [5.74, 6) is -1.16. The van der Waals surface area contributed by atoms with E-state index in [0.717, 1.165) is 0 Å². The quantitative estimate of drug-likeness (QED) is 0.886. The van der Waals surface area contributed by atoms with Crippen molar-refractivity contribution in [2.24, 2.45) is 5.73 Å². The van der Waals surface area contributed by atoms with Gasteiger partial charge in [0, 0.05) is 0 Å². The molecule has 0 saturated carbocycles. The molecule has 2 aromatic rings. The van der Waals surface area contributed by atoms with Crippen molar-refractivity contribution in [3.63, 3.8) is 0 Å². The topological polar surface area (TPSA) is 72.5 Å². The number of nitrogens with two attached hydrogens (primary N) is 1. The Morgan fingerprint density at radius 3 is 2.52 bits per heavy atom.